The van der Waals surface area contributed by atoms with E-state index >= 15 is 0 Å². The van der Waals surface area contributed by atoms with Crippen molar-refractivity contribution in [3.05, 3.63) is 41.0 Å². The van der Waals surface area contributed by atoms with Gasteiger partial charge in [-0.25, -0.2) is 0 Å². The highest BCUT2D eigenvalue weighted by Gasteiger charge is 2.20. The maximum atomic E-state index is 6.08. The Balaban J connectivity index is 1.91. The Bertz CT molecular complexity index is 661. The summed E-state index contributed by atoms with van der Waals surface area (Å²) >= 11 is 0. The third-order valence-corrected chi connectivity index (χ3v) is 5.12. The van der Waals surface area contributed by atoms with Crippen molar-refractivity contribution in [1.29, 1.82) is 0 Å². The number of aromatic nitrogens is 1. The molecular weight excluding hydrogens is 294 g/mol. The van der Waals surface area contributed by atoms with Crippen LogP contribution in [0, 0.1) is 12.8 Å². The predicted molar refractivity (Wildman–Crippen MR) is 103 cm³/mol. The van der Waals surface area contributed by atoms with Gasteiger partial charge >= 0.3 is 0 Å². The Kier molecular flexibility index (Phi) is 5.30. The van der Waals surface area contributed by atoms with Gasteiger partial charge in [-0.15, -0.1) is 0 Å². The number of nitrogens with zero attached hydrogens (tertiary/aromatic N) is 1. The predicted octanol–water partition coefficient (Wildman–Crippen LogP) is 4.64. The van der Waals surface area contributed by atoms with E-state index in [9.17, 15) is 0 Å². The van der Waals surface area contributed by atoms with Gasteiger partial charge in [0.2, 0.25) is 0 Å². The molecule has 1 saturated heterocycles. The molecule has 1 aliphatic heterocycles. The second kappa shape index (κ2) is 7.43. The summed E-state index contributed by atoms with van der Waals surface area (Å²) in [6.45, 7) is 9.60. The van der Waals surface area contributed by atoms with Gasteiger partial charge in [-0.2, -0.15) is 0 Å². The molecule has 2 aromatic rings. The molecule has 0 atom stereocenters. The summed E-state index contributed by atoms with van der Waals surface area (Å²) in [5.41, 5.74) is 12.6. The Hall–Kier alpha value is -1.74. The fraction of sp³-hybridized carbons (Fsp3) is 0.524. The van der Waals surface area contributed by atoms with Gasteiger partial charge in [0.25, 0.3) is 0 Å². The standard InChI is InChI=1S/C21H31N3/c1-15(2)13-17-7-9-18(10-8-17)20-16(3)19(14-22)21(23-20)24-11-5-4-6-12-24/h7-10,15,23H,4-6,11-14,22H2,1-3H3. The number of aromatic amines is 1. The number of anilines is 1. The van der Waals surface area contributed by atoms with E-state index in [1.807, 2.05) is 0 Å². The summed E-state index contributed by atoms with van der Waals surface area (Å²) in [4.78, 5) is 6.17. The first kappa shape index (κ1) is 17.1. The van der Waals surface area contributed by atoms with Crippen molar-refractivity contribution in [2.24, 2.45) is 11.7 Å². The average molecular weight is 326 g/mol. The average Bonchev–Trinajstić information content (AvgIpc) is 2.92. The maximum Gasteiger partial charge on any atom is 0.111 e. The summed E-state index contributed by atoms with van der Waals surface area (Å²) in [7, 11) is 0. The Morgan fingerprint density at radius 3 is 2.33 bits per heavy atom. The van der Waals surface area contributed by atoms with Gasteiger partial charge in [-0.1, -0.05) is 38.1 Å². The van der Waals surface area contributed by atoms with Crippen LogP contribution in [0.5, 0.6) is 0 Å². The highest BCUT2D eigenvalue weighted by molar-refractivity contribution is 5.71. The van der Waals surface area contributed by atoms with Crippen LogP contribution in [0.2, 0.25) is 0 Å². The lowest BCUT2D eigenvalue weighted by molar-refractivity contribution is 0.573. The number of H-pyrrole nitrogens is 1. The van der Waals surface area contributed by atoms with E-state index in [-0.39, 0.29) is 0 Å². The second-order valence-corrected chi connectivity index (χ2v) is 7.50. The van der Waals surface area contributed by atoms with Gasteiger partial charge in [0.1, 0.15) is 5.82 Å². The first-order valence-electron chi connectivity index (χ1n) is 9.36. The zero-order valence-corrected chi connectivity index (χ0v) is 15.4. The number of hydrogen-bond acceptors (Lipinski definition) is 2. The summed E-state index contributed by atoms with van der Waals surface area (Å²) in [6.07, 6.45) is 5.04. The van der Waals surface area contributed by atoms with E-state index in [1.165, 1.54) is 53.0 Å². The summed E-state index contributed by atoms with van der Waals surface area (Å²) in [6, 6.07) is 9.02. The van der Waals surface area contributed by atoms with Crippen LogP contribution in [-0.4, -0.2) is 18.1 Å². The van der Waals surface area contributed by atoms with Crippen molar-refractivity contribution in [3.8, 4) is 11.3 Å². The van der Waals surface area contributed by atoms with E-state index in [2.05, 4.69) is 54.9 Å². The second-order valence-electron chi connectivity index (χ2n) is 7.50. The fourth-order valence-corrected chi connectivity index (χ4v) is 3.82. The molecule has 0 saturated carbocycles. The molecule has 3 heteroatoms. The molecule has 3 nitrogen and oxygen atoms in total. The van der Waals surface area contributed by atoms with E-state index in [0.717, 1.165) is 19.5 Å². The van der Waals surface area contributed by atoms with E-state index < -0.39 is 0 Å². The molecule has 0 bridgehead atoms. The zero-order chi connectivity index (χ0) is 17.1. The third-order valence-electron chi connectivity index (χ3n) is 5.12. The minimum Gasteiger partial charge on any atom is -0.358 e. The smallest absolute Gasteiger partial charge is 0.111 e. The SMILES string of the molecule is Cc1c(-c2ccc(CC(C)C)cc2)[nH]c(N2CCCCC2)c1CN. The lowest BCUT2D eigenvalue weighted by atomic mass is 9.99. The molecule has 0 aliphatic carbocycles. The van der Waals surface area contributed by atoms with Crippen molar-refractivity contribution in [2.45, 2.75) is 53.0 Å². The topological polar surface area (TPSA) is 45.0 Å². The molecular formula is C21H31N3. The minimum atomic E-state index is 0.597. The number of hydrogen-bond donors (Lipinski definition) is 2. The molecule has 1 fully saturated rings. The first-order valence-corrected chi connectivity index (χ1v) is 9.36. The van der Waals surface area contributed by atoms with Crippen molar-refractivity contribution < 1.29 is 0 Å². The van der Waals surface area contributed by atoms with E-state index in [1.54, 1.807) is 0 Å². The van der Waals surface area contributed by atoms with Crippen molar-refractivity contribution in [1.82, 2.24) is 4.98 Å². The van der Waals surface area contributed by atoms with Crippen LogP contribution < -0.4 is 10.6 Å². The highest BCUT2D eigenvalue weighted by atomic mass is 15.2. The van der Waals surface area contributed by atoms with Gasteiger partial charge in [-0.05, 0) is 55.2 Å². The van der Waals surface area contributed by atoms with E-state index in [4.69, 9.17) is 5.73 Å². The first-order chi connectivity index (χ1) is 11.6. The maximum absolute atomic E-state index is 6.08. The summed E-state index contributed by atoms with van der Waals surface area (Å²) < 4.78 is 0. The van der Waals surface area contributed by atoms with Crippen molar-refractivity contribution in [2.75, 3.05) is 18.0 Å². The Morgan fingerprint density at radius 2 is 1.75 bits per heavy atom. The van der Waals surface area contributed by atoms with E-state index in [0.29, 0.717) is 12.5 Å². The molecule has 0 spiro atoms. The Labute approximate surface area is 146 Å². The monoisotopic (exact) mass is 325 g/mol. The molecule has 1 aromatic carbocycles. The summed E-state index contributed by atoms with van der Waals surface area (Å²) in [5.74, 6) is 1.94. The highest BCUT2D eigenvalue weighted by Crippen LogP contribution is 2.33. The molecule has 2 heterocycles. The largest absolute Gasteiger partial charge is 0.358 e. The van der Waals surface area contributed by atoms with Gasteiger partial charge in [0.05, 0.1) is 5.69 Å². The van der Waals surface area contributed by atoms with Gasteiger partial charge in [0, 0.05) is 25.2 Å². The van der Waals surface area contributed by atoms with Crippen LogP contribution in [0.1, 0.15) is 49.8 Å². The fourth-order valence-electron chi connectivity index (χ4n) is 3.82. The quantitative estimate of drug-likeness (QED) is 0.841. The zero-order valence-electron chi connectivity index (χ0n) is 15.4. The third kappa shape index (κ3) is 3.51. The number of piperidine rings is 1. The molecule has 0 radical (unpaired) electrons. The molecule has 0 amide bonds. The molecule has 3 N–H and O–H groups in total. The number of nitrogens with one attached hydrogen (secondary N) is 1. The lowest BCUT2D eigenvalue weighted by Crippen LogP contribution is -2.30. The molecule has 3 rings (SSSR count). The van der Waals surface area contributed by atoms with Crippen molar-refractivity contribution in [3.63, 3.8) is 0 Å². The van der Waals surface area contributed by atoms with Crippen molar-refractivity contribution >= 4 is 5.82 Å². The van der Waals surface area contributed by atoms with Crippen LogP contribution in [0.25, 0.3) is 11.3 Å². The number of benzene rings is 1. The van der Waals surface area contributed by atoms with Crippen LogP contribution in [-0.2, 0) is 13.0 Å². The van der Waals surface area contributed by atoms with Crippen LogP contribution in [0.4, 0.5) is 5.82 Å². The lowest BCUT2D eigenvalue weighted by Gasteiger charge is -2.28. The van der Waals surface area contributed by atoms with Gasteiger partial charge < -0.3 is 15.6 Å². The Morgan fingerprint density at radius 1 is 1.08 bits per heavy atom. The van der Waals surface area contributed by atoms with Crippen LogP contribution in [0.3, 0.4) is 0 Å². The van der Waals surface area contributed by atoms with Gasteiger partial charge in [-0.3, -0.25) is 0 Å². The number of rotatable bonds is 5. The molecule has 24 heavy (non-hydrogen) atoms. The summed E-state index contributed by atoms with van der Waals surface area (Å²) in [5, 5.41) is 0. The van der Waals surface area contributed by atoms with Crippen LogP contribution in [0.15, 0.2) is 24.3 Å². The van der Waals surface area contributed by atoms with Crippen LogP contribution >= 0.6 is 0 Å². The molecule has 0 unspecified atom stereocenters. The minimum absolute atomic E-state index is 0.597. The number of nitrogens with two attached hydrogens (primary N) is 1. The molecule has 1 aliphatic rings. The van der Waals surface area contributed by atoms with Gasteiger partial charge in [0.15, 0.2) is 0 Å². The normalized spacial score (nSPS) is 15.3. The molecule has 1 aromatic heterocycles. The molecule has 130 valence electrons.